The molecule has 4 rings (SSSR count). The number of aryl methyl sites for hydroxylation is 1. The van der Waals surface area contributed by atoms with Crippen LogP contribution in [0.1, 0.15) is 5.69 Å². The first-order valence-electron chi connectivity index (χ1n) is 9.89. The fourth-order valence-electron chi connectivity index (χ4n) is 3.84. The lowest BCUT2D eigenvalue weighted by molar-refractivity contribution is 0.0331. The SMILES string of the molecule is Cc1cc(N2CCN(CCN3CCOCC3)CC2)nn1-c1cc(F)cc(F)c1. The van der Waals surface area contributed by atoms with Crippen LogP contribution in [0.2, 0.25) is 0 Å². The molecule has 0 spiro atoms. The van der Waals surface area contributed by atoms with Gasteiger partial charge >= 0.3 is 0 Å². The van der Waals surface area contributed by atoms with E-state index in [0.29, 0.717) is 5.69 Å². The number of piperazine rings is 1. The number of benzene rings is 1. The summed E-state index contributed by atoms with van der Waals surface area (Å²) in [6.45, 7) is 11.6. The van der Waals surface area contributed by atoms with Crippen LogP contribution in [-0.4, -0.2) is 85.2 Å². The molecule has 2 fully saturated rings. The van der Waals surface area contributed by atoms with Gasteiger partial charge in [-0.1, -0.05) is 0 Å². The van der Waals surface area contributed by atoms with Crippen LogP contribution >= 0.6 is 0 Å². The van der Waals surface area contributed by atoms with Crippen LogP contribution < -0.4 is 4.90 Å². The Balaban J connectivity index is 1.34. The van der Waals surface area contributed by atoms with Crippen molar-refractivity contribution in [1.29, 1.82) is 0 Å². The molecule has 0 saturated carbocycles. The lowest BCUT2D eigenvalue weighted by Crippen LogP contribution is -2.49. The highest BCUT2D eigenvalue weighted by Gasteiger charge is 2.21. The molecular weight excluding hydrogens is 364 g/mol. The summed E-state index contributed by atoms with van der Waals surface area (Å²) in [6.07, 6.45) is 0. The predicted molar refractivity (Wildman–Crippen MR) is 104 cm³/mol. The van der Waals surface area contributed by atoms with Gasteiger partial charge in [-0.05, 0) is 19.1 Å². The maximum absolute atomic E-state index is 13.5. The third-order valence-corrected chi connectivity index (χ3v) is 5.50. The number of aromatic nitrogens is 2. The first-order valence-corrected chi connectivity index (χ1v) is 9.89. The van der Waals surface area contributed by atoms with E-state index in [1.165, 1.54) is 12.1 Å². The molecule has 2 aromatic rings. The minimum Gasteiger partial charge on any atom is -0.379 e. The normalized spacial score (nSPS) is 19.3. The number of hydrogen-bond acceptors (Lipinski definition) is 5. The Hall–Kier alpha value is -2.03. The molecule has 152 valence electrons. The molecule has 6 nitrogen and oxygen atoms in total. The Kier molecular flexibility index (Phi) is 5.89. The summed E-state index contributed by atoms with van der Waals surface area (Å²) in [7, 11) is 0. The summed E-state index contributed by atoms with van der Waals surface area (Å²) in [5.41, 5.74) is 1.26. The highest BCUT2D eigenvalue weighted by Crippen LogP contribution is 2.21. The van der Waals surface area contributed by atoms with Gasteiger partial charge in [-0.2, -0.15) is 5.10 Å². The molecule has 0 bridgehead atoms. The van der Waals surface area contributed by atoms with Crippen LogP contribution in [-0.2, 0) is 4.74 Å². The predicted octanol–water partition coefficient (Wildman–Crippen LogP) is 1.91. The maximum atomic E-state index is 13.5. The number of anilines is 1. The monoisotopic (exact) mass is 391 g/mol. The maximum Gasteiger partial charge on any atom is 0.151 e. The van der Waals surface area contributed by atoms with E-state index in [0.717, 1.165) is 83.1 Å². The van der Waals surface area contributed by atoms with Gasteiger partial charge in [0.05, 0.1) is 18.9 Å². The molecule has 0 atom stereocenters. The fourth-order valence-corrected chi connectivity index (χ4v) is 3.84. The Labute approximate surface area is 164 Å². The Morgan fingerprint density at radius 1 is 0.857 bits per heavy atom. The fraction of sp³-hybridized carbons (Fsp3) is 0.550. The third-order valence-electron chi connectivity index (χ3n) is 5.50. The van der Waals surface area contributed by atoms with Crippen LogP contribution in [0.25, 0.3) is 5.69 Å². The first-order chi connectivity index (χ1) is 13.6. The minimum atomic E-state index is -0.597. The molecular formula is C20H27F2N5O. The number of morpholine rings is 1. The van der Waals surface area contributed by atoms with Crippen LogP contribution in [0.15, 0.2) is 24.3 Å². The van der Waals surface area contributed by atoms with Gasteiger partial charge in [-0.25, -0.2) is 13.5 Å². The van der Waals surface area contributed by atoms with E-state index >= 15 is 0 Å². The van der Waals surface area contributed by atoms with Crippen molar-refractivity contribution in [3.63, 3.8) is 0 Å². The first kappa shape index (κ1) is 19.3. The molecule has 1 aromatic carbocycles. The van der Waals surface area contributed by atoms with E-state index in [1.54, 1.807) is 4.68 Å². The lowest BCUT2D eigenvalue weighted by atomic mass is 10.3. The number of ether oxygens (including phenoxy) is 1. The molecule has 0 radical (unpaired) electrons. The average Bonchev–Trinajstić information content (AvgIpc) is 3.08. The standard InChI is InChI=1S/C20H27F2N5O/c1-16-12-20(23-27(16)19-14-17(21)13-18(22)15-19)26-6-4-24(5-7-26)2-3-25-8-10-28-11-9-25/h12-15H,2-11H2,1H3. The molecule has 2 aliphatic heterocycles. The zero-order valence-electron chi connectivity index (χ0n) is 16.3. The van der Waals surface area contributed by atoms with E-state index in [-0.39, 0.29) is 0 Å². The topological polar surface area (TPSA) is 36.8 Å². The number of halogens is 2. The van der Waals surface area contributed by atoms with Crippen molar-refractivity contribution in [2.45, 2.75) is 6.92 Å². The molecule has 1 aromatic heterocycles. The van der Waals surface area contributed by atoms with Gasteiger partial charge in [-0.3, -0.25) is 9.80 Å². The van der Waals surface area contributed by atoms with Crippen molar-refractivity contribution in [3.05, 3.63) is 41.6 Å². The summed E-state index contributed by atoms with van der Waals surface area (Å²) in [6, 6.07) is 5.46. The van der Waals surface area contributed by atoms with Crippen molar-refractivity contribution >= 4 is 5.82 Å². The molecule has 28 heavy (non-hydrogen) atoms. The van der Waals surface area contributed by atoms with E-state index in [9.17, 15) is 8.78 Å². The van der Waals surface area contributed by atoms with Gasteiger partial charge in [0, 0.05) is 70.2 Å². The molecule has 0 unspecified atom stereocenters. The number of rotatable bonds is 5. The molecule has 8 heteroatoms. The van der Waals surface area contributed by atoms with Gasteiger partial charge < -0.3 is 9.64 Å². The second-order valence-electron chi connectivity index (χ2n) is 7.47. The molecule has 0 N–H and O–H groups in total. The van der Waals surface area contributed by atoms with Crippen molar-refractivity contribution in [1.82, 2.24) is 19.6 Å². The highest BCUT2D eigenvalue weighted by molar-refractivity contribution is 5.44. The zero-order chi connectivity index (χ0) is 19.5. The van der Waals surface area contributed by atoms with Crippen molar-refractivity contribution < 1.29 is 13.5 Å². The smallest absolute Gasteiger partial charge is 0.151 e. The van der Waals surface area contributed by atoms with Gasteiger partial charge in [0.25, 0.3) is 0 Å². The van der Waals surface area contributed by atoms with E-state index in [4.69, 9.17) is 4.74 Å². The van der Waals surface area contributed by atoms with Gasteiger partial charge in [0.2, 0.25) is 0 Å². The quantitative estimate of drug-likeness (QED) is 0.778. The minimum absolute atomic E-state index is 0.408. The van der Waals surface area contributed by atoms with Gasteiger partial charge in [0.15, 0.2) is 5.82 Å². The molecule has 0 aliphatic carbocycles. The lowest BCUT2D eigenvalue weighted by Gasteiger charge is -2.36. The second-order valence-corrected chi connectivity index (χ2v) is 7.47. The highest BCUT2D eigenvalue weighted by atomic mass is 19.1. The molecule has 2 saturated heterocycles. The van der Waals surface area contributed by atoms with E-state index in [1.807, 2.05) is 13.0 Å². The summed E-state index contributed by atoms with van der Waals surface area (Å²) < 4.78 is 34.1. The van der Waals surface area contributed by atoms with Gasteiger partial charge in [-0.15, -0.1) is 0 Å². The van der Waals surface area contributed by atoms with Gasteiger partial charge in [0.1, 0.15) is 11.6 Å². The second kappa shape index (κ2) is 8.55. The third kappa shape index (κ3) is 4.51. The molecule has 3 heterocycles. The summed E-state index contributed by atoms with van der Waals surface area (Å²) in [5.74, 6) is -0.337. The summed E-state index contributed by atoms with van der Waals surface area (Å²) in [5, 5.41) is 4.60. The van der Waals surface area contributed by atoms with Crippen LogP contribution in [0, 0.1) is 18.6 Å². The van der Waals surface area contributed by atoms with Crippen molar-refractivity contribution in [2.75, 3.05) is 70.5 Å². The average molecular weight is 391 g/mol. The van der Waals surface area contributed by atoms with Crippen molar-refractivity contribution in [3.8, 4) is 5.69 Å². The van der Waals surface area contributed by atoms with Crippen molar-refractivity contribution in [2.24, 2.45) is 0 Å². The Morgan fingerprint density at radius 2 is 1.46 bits per heavy atom. The largest absolute Gasteiger partial charge is 0.379 e. The number of nitrogens with zero attached hydrogens (tertiary/aromatic N) is 5. The number of hydrogen-bond donors (Lipinski definition) is 0. The zero-order valence-corrected chi connectivity index (χ0v) is 16.3. The Bertz CT molecular complexity index is 778. The van der Waals surface area contributed by atoms with Crippen LogP contribution in [0.5, 0.6) is 0 Å². The molecule has 2 aliphatic rings. The summed E-state index contributed by atoms with van der Waals surface area (Å²) >= 11 is 0. The van der Waals surface area contributed by atoms with Crippen LogP contribution in [0.4, 0.5) is 14.6 Å². The van der Waals surface area contributed by atoms with E-state index in [2.05, 4.69) is 19.8 Å². The Morgan fingerprint density at radius 3 is 2.11 bits per heavy atom. The van der Waals surface area contributed by atoms with E-state index < -0.39 is 11.6 Å². The summed E-state index contributed by atoms with van der Waals surface area (Å²) in [4.78, 5) is 7.18. The molecule has 0 amide bonds. The van der Waals surface area contributed by atoms with Crippen LogP contribution in [0.3, 0.4) is 0 Å².